The van der Waals surface area contributed by atoms with E-state index >= 15 is 0 Å². The summed E-state index contributed by atoms with van der Waals surface area (Å²) in [7, 11) is 3.33. The molecular formula is C13H20N4O2. The van der Waals surface area contributed by atoms with E-state index in [1.807, 2.05) is 11.0 Å². The topological polar surface area (TPSA) is 67.4 Å². The van der Waals surface area contributed by atoms with Crippen LogP contribution in [0.4, 0.5) is 5.95 Å². The fourth-order valence-electron chi connectivity index (χ4n) is 2.42. The van der Waals surface area contributed by atoms with Gasteiger partial charge in [-0.2, -0.15) is 0 Å². The van der Waals surface area contributed by atoms with Gasteiger partial charge in [-0.25, -0.2) is 9.97 Å². The molecule has 2 heterocycles. The van der Waals surface area contributed by atoms with Gasteiger partial charge in [0.25, 0.3) is 0 Å². The summed E-state index contributed by atoms with van der Waals surface area (Å²) in [5.41, 5.74) is 0.892. The fourth-order valence-corrected chi connectivity index (χ4v) is 2.42. The summed E-state index contributed by atoms with van der Waals surface area (Å²) in [4.78, 5) is 22.5. The van der Waals surface area contributed by atoms with Gasteiger partial charge in [-0.05, 0) is 25.3 Å². The van der Waals surface area contributed by atoms with Crippen LogP contribution in [0.1, 0.15) is 31.0 Å². The maximum atomic E-state index is 12.1. The molecule has 0 saturated carbocycles. The lowest BCUT2D eigenvalue weighted by atomic mass is 9.99. The monoisotopic (exact) mass is 264 g/mol. The number of piperidine rings is 1. The average Bonchev–Trinajstić information content (AvgIpc) is 2.47. The Balaban J connectivity index is 2.20. The lowest BCUT2D eigenvalue weighted by molar-refractivity contribution is -0.139. The van der Waals surface area contributed by atoms with E-state index in [4.69, 9.17) is 4.74 Å². The summed E-state index contributed by atoms with van der Waals surface area (Å²) in [6.45, 7) is 0.895. The molecule has 1 N–H and O–H groups in total. The van der Waals surface area contributed by atoms with Crippen LogP contribution in [0.5, 0.6) is 0 Å². The zero-order valence-corrected chi connectivity index (χ0v) is 11.4. The lowest BCUT2D eigenvalue weighted by Crippen LogP contribution is -2.40. The number of anilines is 1. The third kappa shape index (κ3) is 3.20. The second-order valence-electron chi connectivity index (χ2n) is 4.59. The standard InChI is InChI=1S/C13H20N4O2/c1-14-13-15-7-6-10(16-13)11-5-3-4-8-17(11)12(18)9-19-2/h6-7,11H,3-5,8-9H2,1-2H3,(H,14,15,16)/t11-/m0/s1. The Labute approximate surface area is 113 Å². The van der Waals surface area contributed by atoms with Crippen LogP contribution in [-0.4, -0.2) is 48.1 Å². The van der Waals surface area contributed by atoms with E-state index in [1.165, 1.54) is 0 Å². The van der Waals surface area contributed by atoms with Gasteiger partial charge in [0.2, 0.25) is 11.9 Å². The van der Waals surface area contributed by atoms with Crippen molar-refractivity contribution in [3.63, 3.8) is 0 Å². The van der Waals surface area contributed by atoms with Gasteiger partial charge in [-0.3, -0.25) is 4.79 Å². The molecule has 1 atom stereocenters. The minimum Gasteiger partial charge on any atom is -0.375 e. The third-order valence-electron chi connectivity index (χ3n) is 3.33. The molecule has 1 saturated heterocycles. The van der Waals surface area contributed by atoms with Crippen molar-refractivity contribution in [3.05, 3.63) is 18.0 Å². The van der Waals surface area contributed by atoms with E-state index in [-0.39, 0.29) is 18.6 Å². The number of rotatable bonds is 4. The highest BCUT2D eigenvalue weighted by atomic mass is 16.5. The smallest absolute Gasteiger partial charge is 0.249 e. The summed E-state index contributed by atoms with van der Waals surface area (Å²) in [5.74, 6) is 0.610. The second kappa shape index (κ2) is 6.47. The number of carbonyl (C=O) groups is 1. The van der Waals surface area contributed by atoms with Crippen molar-refractivity contribution in [2.45, 2.75) is 25.3 Å². The molecule has 1 aliphatic rings. The normalized spacial score (nSPS) is 19.3. The molecule has 1 fully saturated rings. The second-order valence-corrected chi connectivity index (χ2v) is 4.59. The molecule has 2 rings (SSSR count). The van der Waals surface area contributed by atoms with Crippen molar-refractivity contribution in [3.8, 4) is 0 Å². The van der Waals surface area contributed by atoms with E-state index in [0.717, 1.165) is 31.5 Å². The molecule has 1 aromatic heterocycles. The third-order valence-corrected chi connectivity index (χ3v) is 3.33. The number of aromatic nitrogens is 2. The molecule has 0 spiro atoms. The summed E-state index contributed by atoms with van der Waals surface area (Å²) < 4.78 is 4.95. The van der Waals surface area contributed by atoms with E-state index in [2.05, 4.69) is 15.3 Å². The number of ether oxygens (including phenoxy) is 1. The van der Waals surface area contributed by atoms with Gasteiger partial charge < -0.3 is 15.0 Å². The largest absolute Gasteiger partial charge is 0.375 e. The zero-order chi connectivity index (χ0) is 13.7. The Morgan fingerprint density at radius 1 is 1.58 bits per heavy atom. The van der Waals surface area contributed by atoms with Crippen LogP contribution in [0.15, 0.2) is 12.3 Å². The molecule has 1 aliphatic heterocycles. The molecule has 0 aromatic carbocycles. The predicted molar refractivity (Wildman–Crippen MR) is 71.8 cm³/mol. The van der Waals surface area contributed by atoms with Gasteiger partial charge in [0.1, 0.15) is 6.61 Å². The molecule has 1 amide bonds. The number of likely N-dealkylation sites (tertiary alicyclic amines) is 1. The van der Waals surface area contributed by atoms with E-state index in [1.54, 1.807) is 20.4 Å². The Morgan fingerprint density at radius 2 is 2.42 bits per heavy atom. The molecule has 0 unspecified atom stereocenters. The Kier molecular flexibility index (Phi) is 4.68. The zero-order valence-electron chi connectivity index (χ0n) is 11.4. The summed E-state index contributed by atoms with van der Waals surface area (Å²) in [6, 6.07) is 1.91. The Morgan fingerprint density at radius 3 is 3.16 bits per heavy atom. The van der Waals surface area contributed by atoms with Crippen LogP contribution in [0.25, 0.3) is 0 Å². The van der Waals surface area contributed by atoms with E-state index < -0.39 is 0 Å². The highest BCUT2D eigenvalue weighted by molar-refractivity contribution is 5.78. The number of hydrogen-bond acceptors (Lipinski definition) is 5. The number of nitrogens with zero attached hydrogens (tertiary/aromatic N) is 3. The highest BCUT2D eigenvalue weighted by Crippen LogP contribution is 2.30. The first kappa shape index (κ1) is 13.7. The van der Waals surface area contributed by atoms with Gasteiger partial charge in [-0.1, -0.05) is 0 Å². The van der Waals surface area contributed by atoms with Gasteiger partial charge >= 0.3 is 0 Å². The minimum absolute atomic E-state index is 0.0248. The molecule has 0 aliphatic carbocycles. The molecule has 6 heteroatoms. The molecule has 0 bridgehead atoms. The van der Waals surface area contributed by atoms with Crippen LogP contribution < -0.4 is 5.32 Å². The van der Waals surface area contributed by atoms with Crippen LogP contribution in [0.2, 0.25) is 0 Å². The molecule has 0 radical (unpaired) electrons. The number of carbonyl (C=O) groups excluding carboxylic acids is 1. The van der Waals surface area contributed by atoms with Gasteiger partial charge in [0.05, 0.1) is 11.7 Å². The van der Waals surface area contributed by atoms with E-state index in [9.17, 15) is 4.79 Å². The van der Waals surface area contributed by atoms with Gasteiger partial charge in [-0.15, -0.1) is 0 Å². The highest BCUT2D eigenvalue weighted by Gasteiger charge is 2.28. The first-order valence-electron chi connectivity index (χ1n) is 6.55. The maximum Gasteiger partial charge on any atom is 0.249 e. The van der Waals surface area contributed by atoms with Crippen LogP contribution in [-0.2, 0) is 9.53 Å². The van der Waals surface area contributed by atoms with Crippen molar-refractivity contribution < 1.29 is 9.53 Å². The van der Waals surface area contributed by atoms with Gasteiger partial charge in [0, 0.05) is 26.9 Å². The first-order chi connectivity index (χ1) is 9.26. The van der Waals surface area contributed by atoms with Crippen molar-refractivity contribution in [2.75, 3.05) is 32.6 Å². The first-order valence-corrected chi connectivity index (χ1v) is 6.55. The van der Waals surface area contributed by atoms with Crippen LogP contribution in [0, 0.1) is 0 Å². The van der Waals surface area contributed by atoms with Crippen molar-refractivity contribution in [2.24, 2.45) is 0 Å². The van der Waals surface area contributed by atoms with Crippen molar-refractivity contribution in [1.29, 1.82) is 0 Å². The molecule has 104 valence electrons. The summed E-state index contributed by atoms with van der Waals surface area (Å²) >= 11 is 0. The SMILES string of the molecule is CNc1nccc([C@@H]2CCCCN2C(=O)COC)n1. The van der Waals surface area contributed by atoms with Crippen molar-refractivity contribution >= 4 is 11.9 Å². The lowest BCUT2D eigenvalue weighted by Gasteiger charge is -2.35. The fraction of sp³-hybridized carbons (Fsp3) is 0.615. The number of hydrogen-bond donors (Lipinski definition) is 1. The van der Waals surface area contributed by atoms with Crippen molar-refractivity contribution in [1.82, 2.24) is 14.9 Å². The predicted octanol–water partition coefficient (Wildman–Crippen LogP) is 1.22. The molecule has 1 aromatic rings. The van der Waals surface area contributed by atoms with Crippen LogP contribution in [0.3, 0.4) is 0 Å². The quantitative estimate of drug-likeness (QED) is 0.885. The summed E-state index contributed by atoms with van der Waals surface area (Å²) in [6.07, 6.45) is 4.81. The number of methoxy groups -OCH3 is 1. The Hall–Kier alpha value is -1.69. The maximum absolute atomic E-state index is 12.1. The average molecular weight is 264 g/mol. The molecular weight excluding hydrogens is 244 g/mol. The van der Waals surface area contributed by atoms with Gasteiger partial charge in [0.15, 0.2) is 0 Å². The molecule has 19 heavy (non-hydrogen) atoms. The van der Waals surface area contributed by atoms with Crippen LogP contribution >= 0.6 is 0 Å². The Bertz CT molecular complexity index is 438. The van der Waals surface area contributed by atoms with E-state index in [0.29, 0.717) is 5.95 Å². The number of amides is 1. The molecule has 6 nitrogen and oxygen atoms in total. The minimum atomic E-state index is 0.0248. The number of nitrogens with one attached hydrogen (secondary N) is 1. The summed E-state index contributed by atoms with van der Waals surface area (Å²) in [5, 5.41) is 2.93.